The number of rotatable bonds is 7. The van der Waals surface area contributed by atoms with Crippen LogP contribution in [0.2, 0.25) is 0 Å². The molecule has 1 rings (SSSR count). The number of hydrogen-bond donors (Lipinski definition) is 1. The summed E-state index contributed by atoms with van der Waals surface area (Å²) in [4.78, 5) is 10.5. The van der Waals surface area contributed by atoms with Gasteiger partial charge in [0.15, 0.2) is 0 Å². The van der Waals surface area contributed by atoms with Crippen molar-refractivity contribution in [2.24, 2.45) is 0 Å². The highest BCUT2D eigenvalue weighted by molar-refractivity contribution is 7.90. The zero-order chi connectivity index (χ0) is 15.2. The van der Waals surface area contributed by atoms with Crippen molar-refractivity contribution in [1.29, 1.82) is 0 Å². The van der Waals surface area contributed by atoms with E-state index in [1.54, 1.807) is 0 Å². The Morgan fingerprint density at radius 3 is 2.75 bits per heavy atom. The molecule has 0 saturated heterocycles. The summed E-state index contributed by atoms with van der Waals surface area (Å²) >= 11 is 0. The molecule has 1 aromatic carbocycles. The van der Waals surface area contributed by atoms with Crippen molar-refractivity contribution in [1.82, 2.24) is 0 Å². The minimum Gasteiger partial charge on any atom is -0.493 e. The molecule has 0 radical (unpaired) electrons. The van der Waals surface area contributed by atoms with Crippen molar-refractivity contribution >= 4 is 21.9 Å². The normalized spacial score (nSPS) is 11.7. The SMILES string of the molecule is CS(=O)(=O)CCCOc1ccc(F)cc1/C=C/C(=O)O. The monoisotopic (exact) mass is 302 g/mol. The third kappa shape index (κ3) is 6.33. The number of aliphatic carboxylic acids is 1. The molecule has 0 fully saturated rings. The van der Waals surface area contributed by atoms with Gasteiger partial charge in [0.05, 0.1) is 12.4 Å². The van der Waals surface area contributed by atoms with Gasteiger partial charge >= 0.3 is 5.97 Å². The average Bonchev–Trinajstić information content (AvgIpc) is 2.32. The maximum atomic E-state index is 13.1. The second kappa shape index (κ2) is 7.04. The van der Waals surface area contributed by atoms with Crippen LogP contribution in [0.25, 0.3) is 6.08 Å². The first-order chi connectivity index (χ1) is 9.28. The predicted octanol–water partition coefficient (Wildman–Crippen LogP) is 1.74. The zero-order valence-corrected chi connectivity index (χ0v) is 11.7. The van der Waals surface area contributed by atoms with Gasteiger partial charge in [0, 0.05) is 17.9 Å². The maximum absolute atomic E-state index is 13.1. The quantitative estimate of drug-likeness (QED) is 0.613. The van der Waals surface area contributed by atoms with Crippen LogP contribution in [-0.2, 0) is 14.6 Å². The van der Waals surface area contributed by atoms with Gasteiger partial charge in [-0.1, -0.05) is 0 Å². The first-order valence-corrected chi connectivity index (χ1v) is 7.85. The van der Waals surface area contributed by atoms with Crippen molar-refractivity contribution in [3.8, 4) is 5.75 Å². The molecule has 0 aliphatic rings. The van der Waals surface area contributed by atoms with Crippen LogP contribution in [0.15, 0.2) is 24.3 Å². The van der Waals surface area contributed by atoms with Gasteiger partial charge in [-0.25, -0.2) is 17.6 Å². The molecule has 1 N–H and O–H groups in total. The van der Waals surface area contributed by atoms with E-state index in [2.05, 4.69) is 0 Å². The Labute approximate surface area is 116 Å². The van der Waals surface area contributed by atoms with Crippen LogP contribution in [0.1, 0.15) is 12.0 Å². The highest BCUT2D eigenvalue weighted by Crippen LogP contribution is 2.21. The number of sulfone groups is 1. The topological polar surface area (TPSA) is 80.7 Å². The standard InChI is InChI=1S/C13H15FO5S/c1-20(17,18)8-2-7-19-12-5-4-11(14)9-10(12)3-6-13(15)16/h3-6,9H,2,7-8H2,1H3,(H,15,16)/b6-3+. The summed E-state index contributed by atoms with van der Waals surface area (Å²) in [5, 5.41) is 8.55. The summed E-state index contributed by atoms with van der Waals surface area (Å²) in [5.74, 6) is -1.37. The van der Waals surface area contributed by atoms with Crippen LogP contribution >= 0.6 is 0 Å². The van der Waals surface area contributed by atoms with E-state index in [0.29, 0.717) is 12.2 Å². The number of carboxylic acid groups (broad SMARTS) is 1. The van der Waals surface area contributed by atoms with Crippen molar-refractivity contribution in [2.45, 2.75) is 6.42 Å². The highest BCUT2D eigenvalue weighted by Gasteiger charge is 2.05. The van der Waals surface area contributed by atoms with Gasteiger partial charge in [0.2, 0.25) is 0 Å². The molecule has 5 nitrogen and oxygen atoms in total. The number of carboxylic acids is 1. The third-order valence-corrected chi connectivity index (χ3v) is 3.32. The molecule has 110 valence electrons. The van der Waals surface area contributed by atoms with Crippen LogP contribution in [0.5, 0.6) is 5.75 Å². The number of carbonyl (C=O) groups is 1. The van der Waals surface area contributed by atoms with E-state index in [0.717, 1.165) is 18.4 Å². The van der Waals surface area contributed by atoms with Crippen molar-refractivity contribution in [2.75, 3.05) is 18.6 Å². The maximum Gasteiger partial charge on any atom is 0.328 e. The summed E-state index contributed by atoms with van der Waals surface area (Å²) in [5.41, 5.74) is 0.284. The fourth-order valence-corrected chi connectivity index (χ4v) is 2.09. The van der Waals surface area contributed by atoms with E-state index in [1.165, 1.54) is 18.2 Å². The molecule has 0 heterocycles. The molecule has 1 aromatic rings. The molecular weight excluding hydrogens is 287 g/mol. The number of halogens is 1. The van der Waals surface area contributed by atoms with Gasteiger partial charge < -0.3 is 9.84 Å². The molecule has 0 bridgehead atoms. The van der Waals surface area contributed by atoms with Gasteiger partial charge in [0.25, 0.3) is 0 Å². The smallest absolute Gasteiger partial charge is 0.328 e. The van der Waals surface area contributed by atoms with E-state index in [1.807, 2.05) is 0 Å². The zero-order valence-electron chi connectivity index (χ0n) is 10.9. The molecule has 0 amide bonds. The first kappa shape index (κ1) is 16.2. The Hall–Kier alpha value is -1.89. The Morgan fingerprint density at radius 1 is 1.45 bits per heavy atom. The van der Waals surface area contributed by atoms with Gasteiger partial charge in [-0.2, -0.15) is 0 Å². The summed E-state index contributed by atoms with van der Waals surface area (Å²) in [6, 6.07) is 3.70. The van der Waals surface area contributed by atoms with Crippen molar-refractivity contribution in [3.05, 3.63) is 35.7 Å². The fraction of sp³-hybridized carbons (Fsp3) is 0.308. The van der Waals surface area contributed by atoms with Crippen molar-refractivity contribution < 1.29 is 27.4 Å². The minimum atomic E-state index is -3.05. The second-order valence-corrected chi connectivity index (χ2v) is 6.45. The van der Waals surface area contributed by atoms with Gasteiger partial charge in [-0.15, -0.1) is 0 Å². The molecule has 0 aromatic heterocycles. The number of benzene rings is 1. The van der Waals surface area contributed by atoms with Crippen LogP contribution in [0.4, 0.5) is 4.39 Å². The Balaban J connectivity index is 2.71. The van der Waals surface area contributed by atoms with Gasteiger partial charge in [0.1, 0.15) is 21.4 Å². The van der Waals surface area contributed by atoms with E-state index < -0.39 is 21.6 Å². The molecule has 7 heteroatoms. The fourth-order valence-electron chi connectivity index (χ4n) is 1.45. The lowest BCUT2D eigenvalue weighted by Crippen LogP contribution is -2.08. The van der Waals surface area contributed by atoms with Crippen molar-refractivity contribution in [3.63, 3.8) is 0 Å². The molecule has 0 spiro atoms. The Kier molecular flexibility index (Phi) is 5.69. The molecule has 20 heavy (non-hydrogen) atoms. The summed E-state index contributed by atoms with van der Waals surface area (Å²) in [6.07, 6.45) is 3.53. The van der Waals surface area contributed by atoms with Crippen LogP contribution in [0, 0.1) is 5.82 Å². The molecule has 0 atom stereocenters. The van der Waals surface area contributed by atoms with Crippen LogP contribution in [-0.4, -0.2) is 38.1 Å². The number of ether oxygens (including phenoxy) is 1. The third-order valence-electron chi connectivity index (χ3n) is 2.29. The van der Waals surface area contributed by atoms with Gasteiger partial charge in [-0.3, -0.25) is 0 Å². The first-order valence-electron chi connectivity index (χ1n) is 5.79. The molecule has 0 saturated carbocycles. The molecule has 0 unspecified atom stereocenters. The number of hydrogen-bond acceptors (Lipinski definition) is 4. The molecule has 0 aliphatic heterocycles. The van der Waals surface area contributed by atoms with Crippen LogP contribution in [0.3, 0.4) is 0 Å². The summed E-state index contributed by atoms with van der Waals surface area (Å²) in [6.45, 7) is 0.145. The van der Waals surface area contributed by atoms with E-state index in [9.17, 15) is 17.6 Å². The lowest BCUT2D eigenvalue weighted by molar-refractivity contribution is -0.131. The molecular formula is C13H15FO5S. The highest BCUT2D eigenvalue weighted by atomic mass is 32.2. The Morgan fingerprint density at radius 2 is 2.15 bits per heavy atom. The molecule has 0 aliphatic carbocycles. The minimum absolute atomic E-state index is 0.00546. The Bertz CT molecular complexity index is 607. The van der Waals surface area contributed by atoms with E-state index >= 15 is 0 Å². The largest absolute Gasteiger partial charge is 0.493 e. The average molecular weight is 302 g/mol. The van der Waals surface area contributed by atoms with E-state index in [-0.39, 0.29) is 17.9 Å². The lowest BCUT2D eigenvalue weighted by Gasteiger charge is -2.09. The van der Waals surface area contributed by atoms with Gasteiger partial charge in [-0.05, 0) is 30.7 Å². The van der Waals surface area contributed by atoms with E-state index in [4.69, 9.17) is 9.84 Å². The summed E-state index contributed by atoms with van der Waals surface area (Å²) < 4.78 is 40.3. The van der Waals surface area contributed by atoms with Crippen LogP contribution < -0.4 is 4.74 Å². The summed E-state index contributed by atoms with van der Waals surface area (Å²) in [7, 11) is -3.05. The predicted molar refractivity (Wildman–Crippen MR) is 72.9 cm³/mol. The lowest BCUT2D eigenvalue weighted by atomic mass is 10.2. The second-order valence-electron chi connectivity index (χ2n) is 4.19.